The van der Waals surface area contributed by atoms with Gasteiger partial charge in [0.25, 0.3) is 0 Å². The first-order valence-electron chi connectivity index (χ1n) is 8.36. The molecule has 1 aromatic carbocycles. The summed E-state index contributed by atoms with van der Waals surface area (Å²) in [6.45, 7) is 6.27. The highest BCUT2D eigenvalue weighted by atomic mass is 16.2. The number of carbonyl (C=O) groups is 1. The molecule has 0 radical (unpaired) electrons. The fourth-order valence-corrected chi connectivity index (χ4v) is 3.38. The molecule has 3 heteroatoms. The molecule has 3 unspecified atom stereocenters. The first kappa shape index (κ1) is 14.6. The molecule has 3 atom stereocenters. The van der Waals surface area contributed by atoms with Gasteiger partial charge in [-0.1, -0.05) is 32.0 Å². The van der Waals surface area contributed by atoms with E-state index in [0.717, 1.165) is 44.5 Å². The molecule has 1 N–H and O–H groups in total. The summed E-state index contributed by atoms with van der Waals surface area (Å²) in [6, 6.07) is 8.83. The third-order valence-corrected chi connectivity index (χ3v) is 4.81. The fourth-order valence-electron chi connectivity index (χ4n) is 3.38. The van der Waals surface area contributed by atoms with Gasteiger partial charge in [-0.05, 0) is 49.8 Å². The third-order valence-electron chi connectivity index (χ3n) is 4.81. The van der Waals surface area contributed by atoms with Crippen LogP contribution in [0.1, 0.15) is 51.1 Å². The van der Waals surface area contributed by atoms with Gasteiger partial charge >= 0.3 is 0 Å². The molecular weight excluding hydrogens is 260 g/mol. The molecule has 1 fully saturated rings. The summed E-state index contributed by atoms with van der Waals surface area (Å²) in [4.78, 5) is 14.8. The molecule has 3 nitrogen and oxygen atoms in total. The summed E-state index contributed by atoms with van der Waals surface area (Å²) in [6.07, 6.45) is 4.39. The number of benzene rings is 1. The van der Waals surface area contributed by atoms with E-state index in [4.69, 9.17) is 0 Å². The number of fused-ring (bicyclic) bond motifs is 1. The van der Waals surface area contributed by atoms with Crippen molar-refractivity contribution in [3.63, 3.8) is 0 Å². The molecular formula is C18H26N2O. The van der Waals surface area contributed by atoms with Crippen LogP contribution in [0.25, 0.3) is 0 Å². The Labute approximate surface area is 127 Å². The first-order chi connectivity index (χ1) is 10.2. The Kier molecular flexibility index (Phi) is 4.29. The number of hydrogen-bond acceptors (Lipinski definition) is 2. The van der Waals surface area contributed by atoms with Crippen LogP contribution in [0.2, 0.25) is 0 Å². The SMILES string of the molecule is CCCNC1CCCN(C(=O)C2CC2C)c2ccccc21. The number of rotatable bonds is 4. The summed E-state index contributed by atoms with van der Waals surface area (Å²) >= 11 is 0. The van der Waals surface area contributed by atoms with Crippen molar-refractivity contribution in [3.05, 3.63) is 29.8 Å². The van der Waals surface area contributed by atoms with Crippen molar-refractivity contribution in [2.75, 3.05) is 18.0 Å². The summed E-state index contributed by atoms with van der Waals surface area (Å²) in [7, 11) is 0. The van der Waals surface area contributed by atoms with Crippen molar-refractivity contribution in [3.8, 4) is 0 Å². The number of nitrogens with one attached hydrogen (secondary N) is 1. The summed E-state index contributed by atoms with van der Waals surface area (Å²) < 4.78 is 0. The van der Waals surface area contributed by atoms with Gasteiger partial charge in [-0.15, -0.1) is 0 Å². The largest absolute Gasteiger partial charge is 0.312 e. The Morgan fingerprint density at radius 2 is 2.14 bits per heavy atom. The Morgan fingerprint density at radius 1 is 1.38 bits per heavy atom. The lowest BCUT2D eigenvalue weighted by Crippen LogP contribution is -2.33. The zero-order chi connectivity index (χ0) is 14.8. The zero-order valence-corrected chi connectivity index (χ0v) is 13.1. The number of amides is 1. The van der Waals surface area contributed by atoms with Crippen LogP contribution in [0.5, 0.6) is 0 Å². The van der Waals surface area contributed by atoms with E-state index >= 15 is 0 Å². The second-order valence-corrected chi connectivity index (χ2v) is 6.52. The monoisotopic (exact) mass is 286 g/mol. The topological polar surface area (TPSA) is 32.3 Å². The van der Waals surface area contributed by atoms with Crippen molar-refractivity contribution < 1.29 is 4.79 Å². The molecule has 2 aliphatic rings. The molecule has 3 rings (SSSR count). The van der Waals surface area contributed by atoms with E-state index in [1.54, 1.807) is 0 Å². The number of carbonyl (C=O) groups excluding carboxylic acids is 1. The average molecular weight is 286 g/mol. The van der Waals surface area contributed by atoms with E-state index in [9.17, 15) is 4.79 Å². The minimum Gasteiger partial charge on any atom is -0.312 e. The van der Waals surface area contributed by atoms with E-state index in [-0.39, 0.29) is 5.92 Å². The average Bonchev–Trinajstić information content (AvgIpc) is 3.26. The van der Waals surface area contributed by atoms with Gasteiger partial charge < -0.3 is 10.2 Å². The standard InChI is InChI=1S/C18H26N2O/c1-3-10-19-16-8-6-11-20(18(21)15-12-13(15)2)17-9-5-4-7-14(16)17/h4-5,7,9,13,15-16,19H,3,6,8,10-12H2,1-2H3. The van der Waals surface area contributed by atoms with Gasteiger partial charge in [0.1, 0.15) is 0 Å². The first-order valence-corrected chi connectivity index (χ1v) is 8.36. The highest BCUT2D eigenvalue weighted by Gasteiger charge is 2.42. The third kappa shape index (κ3) is 2.98. The van der Waals surface area contributed by atoms with Gasteiger partial charge in [0.05, 0.1) is 0 Å². The predicted octanol–water partition coefficient (Wildman–Crippen LogP) is 3.51. The van der Waals surface area contributed by atoms with E-state index in [1.807, 2.05) is 0 Å². The van der Waals surface area contributed by atoms with Crippen LogP contribution in [0.3, 0.4) is 0 Å². The summed E-state index contributed by atoms with van der Waals surface area (Å²) in [5.74, 6) is 1.17. The molecule has 114 valence electrons. The molecule has 1 aliphatic carbocycles. The molecule has 0 aromatic heterocycles. The number of hydrogen-bond donors (Lipinski definition) is 1. The maximum absolute atomic E-state index is 12.7. The molecule has 0 bridgehead atoms. The maximum atomic E-state index is 12.7. The Bertz CT molecular complexity index is 514. The minimum absolute atomic E-state index is 0.262. The Balaban J connectivity index is 1.87. The molecule has 1 amide bonds. The van der Waals surface area contributed by atoms with Crippen LogP contribution >= 0.6 is 0 Å². The smallest absolute Gasteiger partial charge is 0.230 e. The number of nitrogens with zero attached hydrogens (tertiary/aromatic N) is 1. The van der Waals surface area contributed by atoms with Crippen molar-refractivity contribution in [2.45, 2.75) is 45.6 Å². The fraction of sp³-hybridized carbons (Fsp3) is 0.611. The second-order valence-electron chi connectivity index (χ2n) is 6.52. The van der Waals surface area contributed by atoms with Gasteiger partial charge in [-0.2, -0.15) is 0 Å². The van der Waals surface area contributed by atoms with Gasteiger partial charge in [0.2, 0.25) is 5.91 Å². The lowest BCUT2D eigenvalue weighted by atomic mass is 10.0. The van der Waals surface area contributed by atoms with Crippen LogP contribution in [0.15, 0.2) is 24.3 Å². The quantitative estimate of drug-likeness (QED) is 0.918. The maximum Gasteiger partial charge on any atom is 0.230 e. The molecule has 1 saturated carbocycles. The van der Waals surface area contributed by atoms with Crippen molar-refractivity contribution >= 4 is 11.6 Å². The lowest BCUT2D eigenvalue weighted by molar-refractivity contribution is -0.120. The Morgan fingerprint density at radius 3 is 2.86 bits per heavy atom. The zero-order valence-electron chi connectivity index (χ0n) is 13.1. The van der Waals surface area contributed by atoms with Crippen LogP contribution in [-0.4, -0.2) is 19.0 Å². The van der Waals surface area contributed by atoms with E-state index in [2.05, 4.69) is 48.3 Å². The molecule has 0 spiro atoms. The lowest BCUT2D eigenvalue weighted by Gasteiger charge is -2.24. The van der Waals surface area contributed by atoms with Gasteiger partial charge in [-0.25, -0.2) is 0 Å². The van der Waals surface area contributed by atoms with Gasteiger partial charge in [-0.3, -0.25) is 4.79 Å². The highest BCUT2D eigenvalue weighted by Crippen LogP contribution is 2.42. The van der Waals surface area contributed by atoms with Crippen LogP contribution in [-0.2, 0) is 4.79 Å². The number of anilines is 1. The Hall–Kier alpha value is -1.35. The van der Waals surface area contributed by atoms with Crippen molar-refractivity contribution in [1.82, 2.24) is 5.32 Å². The van der Waals surface area contributed by atoms with Crippen LogP contribution in [0.4, 0.5) is 5.69 Å². The highest BCUT2D eigenvalue weighted by molar-refractivity contribution is 5.97. The van der Waals surface area contributed by atoms with Gasteiger partial charge in [0.15, 0.2) is 0 Å². The summed E-state index contributed by atoms with van der Waals surface area (Å²) in [5, 5.41) is 3.64. The van der Waals surface area contributed by atoms with E-state index in [1.165, 1.54) is 5.56 Å². The summed E-state index contributed by atoms with van der Waals surface area (Å²) in [5.41, 5.74) is 2.43. The normalized spacial score (nSPS) is 27.9. The number of para-hydroxylation sites is 1. The molecule has 1 aromatic rings. The van der Waals surface area contributed by atoms with Crippen molar-refractivity contribution in [2.24, 2.45) is 11.8 Å². The second kappa shape index (κ2) is 6.18. The van der Waals surface area contributed by atoms with Crippen LogP contribution in [0, 0.1) is 11.8 Å². The molecule has 21 heavy (non-hydrogen) atoms. The minimum atomic E-state index is 0.262. The van der Waals surface area contributed by atoms with Crippen molar-refractivity contribution in [1.29, 1.82) is 0 Å². The van der Waals surface area contributed by atoms with E-state index in [0.29, 0.717) is 17.9 Å². The molecule has 1 heterocycles. The van der Waals surface area contributed by atoms with E-state index < -0.39 is 0 Å². The van der Waals surface area contributed by atoms with Gasteiger partial charge in [0, 0.05) is 24.2 Å². The predicted molar refractivity (Wildman–Crippen MR) is 86.3 cm³/mol. The van der Waals surface area contributed by atoms with Crippen LogP contribution < -0.4 is 10.2 Å². The molecule has 0 saturated heterocycles. The molecule has 1 aliphatic heterocycles.